The molecule has 164 valence electrons. The standard InChI is InChI=1S/C22H15Cl4N3O3/c23-15-6-4-13(10-17(15)25)11-29-9-8-20(28-29)27-22(30)19-7-5-14(32-19)12-31-18-3-1-2-16(24)21(18)26/h1-10H,11-12H2,(H,27,28,30). The summed E-state index contributed by atoms with van der Waals surface area (Å²) in [5, 5.41) is 8.70. The molecule has 0 unspecified atom stereocenters. The number of furan rings is 1. The average molecular weight is 511 g/mol. The highest BCUT2D eigenvalue weighted by molar-refractivity contribution is 6.43. The molecule has 0 aliphatic heterocycles. The summed E-state index contributed by atoms with van der Waals surface area (Å²) in [4.78, 5) is 12.5. The van der Waals surface area contributed by atoms with E-state index in [4.69, 9.17) is 55.6 Å². The van der Waals surface area contributed by atoms with E-state index in [1.807, 2.05) is 6.07 Å². The summed E-state index contributed by atoms with van der Waals surface area (Å²) < 4.78 is 12.8. The number of nitrogens with one attached hydrogen (secondary N) is 1. The van der Waals surface area contributed by atoms with Crippen molar-refractivity contribution in [1.82, 2.24) is 9.78 Å². The third-order valence-corrected chi connectivity index (χ3v) is 5.92. The second-order valence-electron chi connectivity index (χ2n) is 6.71. The number of amides is 1. The highest BCUT2D eigenvalue weighted by atomic mass is 35.5. The van der Waals surface area contributed by atoms with Crippen molar-refractivity contribution < 1.29 is 13.9 Å². The minimum Gasteiger partial charge on any atom is -0.484 e. The zero-order chi connectivity index (χ0) is 22.7. The van der Waals surface area contributed by atoms with Crippen molar-refractivity contribution in [2.45, 2.75) is 13.2 Å². The molecule has 2 aromatic carbocycles. The molecule has 4 rings (SSSR count). The fourth-order valence-corrected chi connectivity index (χ4v) is 3.51. The normalized spacial score (nSPS) is 10.9. The van der Waals surface area contributed by atoms with Crippen LogP contribution in [0.2, 0.25) is 20.1 Å². The van der Waals surface area contributed by atoms with Crippen molar-refractivity contribution in [3.05, 3.63) is 98.0 Å². The van der Waals surface area contributed by atoms with E-state index >= 15 is 0 Å². The predicted molar refractivity (Wildman–Crippen MR) is 125 cm³/mol. The first-order valence-corrected chi connectivity index (χ1v) is 10.8. The summed E-state index contributed by atoms with van der Waals surface area (Å²) in [5.74, 6) is 0.956. The second-order valence-corrected chi connectivity index (χ2v) is 8.31. The van der Waals surface area contributed by atoms with Gasteiger partial charge in [-0.15, -0.1) is 0 Å². The zero-order valence-corrected chi connectivity index (χ0v) is 19.3. The number of carbonyl (C=O) groups excluding carboxylic acids is 1. The van der Waals surface area contributed by atoms with E-state index < -0.39 is 5.91 Å². The summed E-state index contributed by atoms with van der Waals surface area (Å²) >= 11 is 24.1. The molecule has 2 aromatic heterocycles. The Morgan fingerprint density at radius 1 is 1.00 bits per heavy atom. The number of halogens is 4. The van der Waals surface area contributed by atoms with Gasteiger partial charge in [0.25, 0.3) is 5.91 Å². The minimum absolute atomic E-state index is 0.0889. The van der Waals surface area contributed by atoms with Gasteiger partial charge in [0.15, 0.2) is 11.6 Å². The molecule has 0 spiro atoms. The number of hydrogen-bond acceptors (Lipinski definition) is 4. The molecule has 0 radical (unpaired) electrons. The number of carbonyl (C=O) groups is 1. The van der Waals surface area contributed by atoms with Gasteiger partial charge in [-0.1, -0.05) is 58.5 Å². The highest BCUT2D eigenvalue weighted by Crippen LogP contribution is 2.32. The van der Waals surface area contributed by atoms with E-state index in [0.29, 0.717) is 44.0 Å². The molecule has 1 N–H and O–H groups in total. The molecule has 10 heteroatoms. The molecule has 0 bridgehead atoms. The van der Waals surface area contributed by atoms with E-state index in [-0.39, 0.29) is 12.4 Å². The largest absolute Gasteiger partial charge is 0.484 e. The first-order chi connectivity index (χ1) is 15.4. The van der Waals surface area contributed by atoms with Crippen LogP contribution in [0.4, 0.5) is 5.82 Å². The summed E-state index contributed by atoms with van der Waals surface area (Å²) in [5.41, 5.74) is 0.927. The Hall–Kier alpha value is -2.64. The number of hydrogen-bond donors (Lipinski definition) is 1. The maximum atomic E-state index is 12.5. The van der Waals surface area contributed by atoms with E-state index in [9.17, 15) is 4.79 Å². The van der Waals surface area contributed by atoms with Gasteiger partial charge < -0.3 is 14.5 Å². The van der Waals surface area contributed by atoms with Gasteiger partial charge in [-0.25, -0.2) is 0 Å². The highest BCUT2D eigenvalue weighted by Gasteiger charge is 2.14. The topological polar surface area (TPSA) is 69.3 Å². The van der Waals surface area contributed by atoms with E-state index in [1.54, 1.807) is 59.4 Å². The van der Waals surface area contributed by atoms with Crippen LogP contribution in [0.25, 0.3) is 0 Å². The van der Waals surface area contributed by atoms with Gasteiger partial charge in [0, 0.05) is 12.3 Å². The smallest absolute Gasteiger partial charge is 0.292 e. The van der Waals surface area contributed by atoms with Gasteiger partial charge in [0.2, 0.25) is 0 Å². The van der Waals surface area contributed by atoms with Gasteiger partial charge in [-0.3, -0.25) is 9.48 Å². The lowest BCUT2D eigenvalue weighted by Crippen LogP contribution is -2.12. The molecular formula is C22H15Cl4N3O3. The Kier molecular flexibility index (Phi) is 6.96. The van der Waals surface area contributed by atoms with Crippen molar-refractivity contribution in [2.75, 3.05) is 5.32 Å². The van der Waals surface area contributed by atoms with Crippen molar-refractivity contribution in [2.24, 2.45) is 0 Å². The fourth-order valence-electron chi connectivity index (χ4n) is 2.84. The van der Waals surface area contributed by atoms with Crippen LogP contribution in [0.5, 0.6) is 5.75 Å². The number of nitrogens with zero attached hydrogens (tertiary/aromatic N) is 2. The predicted octanol–water partition coefficient (Wildman–Crippen LogP) is 6.97. The lowest BCUT2D eigenvalue weighted by molar-refractivity contribution is 0.0992. The Bertz CT molecular complexity index is 1270. The van der Waals surface area contributed by atoms with Crippen LogP contribution < -0.4 is 10.1 Å². The third-order valence-electron chi connectivity index (χ3n) is 4.38. The maximum absolute atomic E-state index is 12.5. The van der Waals surface area contributed by atoms with Crippen LogP contribution in [0.15, 0.2) is 65.2 Å². The lowest BCUT2D eigenvalue weighted by atomic mass is 10.2. The van der Waals surface area contributed by atoms with Gasteiger partial charge in [0.1, 0.15) is 23.1 Å². The summed E-state index contributed by atoms with van der Waals surface area (Å²) in [6.45, 7) is 0.562. The molecule has 0 aliphatic carbocycles. The molecule has 4 aromatic rings. The molecular weight excluding hydrogens is 496 g/mol. The van der Waals surface area contributed by atoms with Gasteiger partial charge in [0.05, 0.1) is 21.6 Å². The Morgan fingerprint density at radius 3 is 2.66 bits per heavy atom. The Balaban J connectivity index is 1.35. The molecule has 0 aliphatic rings. The first kappa shape index (κ1) is 22.6. The Morgan fingerprint density at radius 2 is 1.84 bits per heavy atom. The molecule has 2 heterocycles. The average Bonchev–Trinajstić information content (AvgIpc) is 3.41. The van der Waals surface area contributed by atoms with Crippen LogP contribution in [0, 0.1) is 0 Å². The quantitative estimate of drug-likeness (QED) is 0.291. The van der Waals surface area contributed by atoms with E-state index in [0.717, 1.165) is 5.56 Å². The van der Waals surface area contributed by atoms with Crippen LogP contribution in [-0.4, -0.2) is 15.7 Å². The van der Waals surface area contributed by atoms with Crippen molar-refractivity contribution in [3.63, 3.8) is 0 Å². The monoisotopic (exact) mass is 509 g/mol. The number of aromatic nitrogens is 2. The van der Waals surface area contributed by atoms with Crippen LogP contribution in [0.3, 0.4) is 0 Å². The molecule has 32 heavy (non-hydrogen) atoms. The van der Waals surface area contributed by atoms with Crippen molar-refractivity contribution >= 4 is 58.1 Å². The fraction of sp³-hybridized carbons (Fsp3) is 0.0909. The molecule has 1 amide bonds. The van der Waals surface area contributed by atoms with Gasteiger partial charge in [-0.2, -0.15) is 5.10 Å². The summed E-state index contributed by atoms with van der Waals surface area (Å²) in [6, 6.07) is 15.3. The van der Waals surface area contributed by atoms with Gasteiger partial charge >= 0.3 is 0 Å². The first-order valence-electron chi connectivity index (χ1n) is 9.33. The minimum atomic E-state index is -0.433. The molecule has 0 saturated heterocycles. The molecule has 0 atom stereocenters. The Labute approximate surface area is 203 Å². The van der Waals surface area contributed by atoms with Crippen LogP contribution in [-0.2, 0) is 13.2 Å². The molecule has 6 nitrogen and oxygen atoms in total. The molecule has 0 fully saturated rings. The maximum Gasteiger partial charge on any atom is 0.292 e. The third kappa shape index (κ3) is 5.40. The van der Waals surface area contributed by atoms with Crippen LogP contribution in [0.1, 0.15) is 21.9 Å². The number of anilines is 1. The van der Waals surface area contributed by atoms with Gasteiger partial charge in [-0.05, 0) is 42.0 Å². The second kappa shape index (κ2) is 9.88. The zero-order valence-electron chi connectivity index (χ0n) is 16.3. The van der Waals surface area contributed by atoms with Crippen LogP contribution >= 0.6 is 46.4 Å². The lowest BCUT2D eigenvalue weighted by Gasteiger charge is -2.07. The van der Waals surface area contributed by atoms with E-state index in [1.165, 1.54) is 0 Å². The SMILES string of the molecule is O=C(Nc1ccn(Cc2ccc(Cl)c(Cl)c2)n1)c1ccc(COc2cccc(Cl)c2Cl)o1. The summed E-state index contributed by atoms with van der Waals surface area (Å²) in [7, 11) is 0. The molecule has 0 saturated carbocycles. The number of ether oxygens (including phenoxy) is 1. The van der Waals surface area contributed by atoms with Crippen molar-refractivity contribution in [3.8, 4) is 5.75 Å². The van der Waals surface area contributed by atoms with E-state index in [2.05, 4.69) is 10.4 Å². The number of rotatable bonds is 7. The summed E-state index contributed by atoms with van der Waals surface area (Å²) in [6.07, 6.45) is 1.74. The van der Waals surface area contributed by atoms with Crippen molar-refractivity contribution in [1.29, 1.82) is 0 Å². The number of benzene rings is 2.